The minimum atomic E-state index is -4.29. The zero-order valence-electron chi connectivity index (χ0n) is 17.2. The lowest BCUT2D eigenvalue weighted by Crippen LogP contribution is -2.38. The van der Waals surface area contributed by atoms with E-state index in [2.05, 4.69) is 10.1 Å². The van der Waals surface area contributed by atoms with Crippen molar-refractivity contribution in [1.29, 1.82) is 0 Å². The van der Waals surface area contributed by atoms with E-state index < -0.39 is 25.1 Å². The molecule has 0 unspecified atom stereocenters. The second-order valence-corrected chi connectivity index (χ2v) is 9.16. The molecule has 4 rings (SSSR count). The molecule has 8 heteroatoms. The number of aromatic nitrogens is 3. The number of hydrogen-bond acceptors (Lipinski definition) is 4. The Hall–Kier alpha value is -3.38. The zero-order chi connectivity index (χ0) is 22.6. The maximum atomic E-state index is 12.6. The highest BCUT2D eigenvalue weighted by molar-refractivity contribution is 7.51. The van der Waals surface area contributed by atoms with E-state index in [1.165, 1.54) is 6.33 Å². The molecule has 0 aliphatic rings. The molecule has 7 nitrogen and oxygen atoms in total. The van der Waals surface area contributed by atoms with Crippen LogP contribution in [0.5, 0.6) is 0 Å². The normalized spacial score (nSPS) is 11.9. The van der Waals surface area contributed by atoms with Crippen molar-refractivity contribution in [2.24, 2.45) is 0 Å². The van der Waals surface area contributed by atoms with E-state index in [0.29, 0.717) is 0 Å². The van der Waals surface area contributed by atoms with Gasteiger partial charge in [-0.3, -0.25) is 9.36 Å². The molecule has 0 saturated heterocycles. The number of benzene rings is 3. The van der Waals surface area contributed by atoms with Gasteiger partial charge in [0.15, 0.2) is 0 Å². The summed E-state index contributed by atoms with van der Waals surface area (Å²) in [7, 11) is -4.29. The largest absolute Gasteiger partial charge is 0.326 e. The average Bonchev–Trinajstić information content (AvgIpc) is 3.30. The smallest absolute Gasteiger partial charge is 0.324 e. The molecule has 0 radical (unpaired) electrons. The summed E-state index contributed by atoms with van der Waals surface area (Å²) in [5, 5.41) is 4.52. The summed E-state index contributed by atoms with van der Waals surface area (Å²) in [6, 6.07) is 29.4. The molecule has 1 heterocycles. The standard InChI is InChI=1S/C24H22N3O4P/c28-22(16-17-32(29,30)31)23-25-18-27(26-23)24(19-10-4-1-5-11-19,20-12-6-2-7-13-20)21-14-8-3-9-15-21/h1-15,18H,16-17H2,(H2,29,30,31). The summed E-state index contributed by atoms with van der Waals surface area (Å²) < 4.78 is 12.8. The highest BCUT2D eigenvalue weighted by atomic mass is 31.2. The third kappa shape index (κ3) is 4.32. The van der Waals surface area contributed by atoms with E-state index in [0.717, 1.165) is 16.7 Å². The second kappa shape index (κ2) is 9.01. The summed E-state index contributed by atoms with van der Waals surface area (Å²) in [5.41, 5.74) is 1.88. The van der Waals surface area contributed by atoms with Crippen LogP contribution >= 0.6 is 7.60 Å². The van der Waals surface area contributed by atoms with Gasteiger partial charge in [-0.2, -0.15) is 0 Å². The highest BCUT2D eigenvalue weighted by Crippen LogP contribution is 2.40. The molecular weight excluding hydrogens is 425 g/mol. The molecule has 0 saturated carbocycles. The van der Waals surface area contributed by atoms with Crippen LogP contribution < -0.4 is 0 Å². The van der Waals surface area contributed by atoms with Gasteiger partial charge in [-0.05, 0) is 16.7 Å². The van der Waals surface area contributed by atoms with Crippen molar-refractivity contribution in [3.05, 3.63) is 120 Å². The number of rotatable bonds is 8. The van der Waals surface area contributed by atoms with Gasteiger partial charge in [0.05, 0.1) is 6.16 Å². The lowest BCUT2D eigenvalue weighted by Gasteiger charge is -2.35. The van der Waals surface area contributed by atoms with Crippen LogP contribution in [0, 0.1) is 0 Å². The minimum Gasteiger partial charge on any atom is -0.324 e. The molecule has 0 aliphatic heterocycles. The third-order valence-corrected chi connectivity index (χ3v) is 6.10. The van der Waals surface area contributed by atoms with E-state index in [-0.39, 0.29) is 12.2 Å². The van der Waals surface area contributed by atoms with E-state index in [9.17, 15) is 9.36 Å². The Balaban J connectivity index is 1.91. The van der Waals surface area contributed by atoms with Gasteiger partial charge >= 0.3 is 7.60 Å². The van der Waals surface area contributed by atoms with Crippen molar-refractivity contribution < 1.29 is 19.1 Å². The first-order chi connectivity index (χ1) is 15.4. The zero-order valence-corrected chi connectivity index (χ0v) is 18.0. The van der Waals surface area contributed by atoms with Gasteiger partial charge in [0.1, 0.15) is 11.9 Å². The average molecular weight is 447 g/mol. The van der Waals surface area contributed by atoms with Crippen molar-refractivity contribution in [2.45, 2.75) is 12.0 Å². The molecule has 0 spiro atoms. The van der Waals surface area contributed by atoms with E-state index in [1.54, 1.807) is 4.68 Å². The first-order valence-electron chi connectivity index (χ1n) is 10.1. The van der Waals surface area contributed by atoms with Crippen molar-refractivity contribution >= 4 is 13.4 Å². The van der Waals surface area contributed by atoms with Gasteiger partial charge in [0, 0.05) is 6.42 Å². The Morgan fingerprint density at radius 1 is 0.812 bits per heavy atom. The van der Waals surface area contributed by atoms with Crippen LogP contribution in [0.15, 0.2) is 97.3 Å². The number of carbonyl (C=O) groups is 1. The molecule has 162 valence electrons. The fraction of sp³-hybridized carbons (Fsp3) is 0.125. The summed E-state index contributed by atoms with van der Waals surface area (Å²) in [5.74, 6) is -0.597. The Kier molecular flexibility index (Phi) is 6.15. The van der Waals surface area contributed by atoms with Crippen molar-refractivity contribution in [3.8, 4) is 0 Å². The van der Waals surface area contributed by atoms with Crippen LogP contribution in [0.3, 0.4) is 0 Å². The predicted octanol–water partition coefficient (Wildman–Crippen LogP) is 3.87. The summed E-state index contributed by atoms with van der Waals surface area (Å²) >= 11 is 0. The fourth-order valence-corrected chi connectivity index (χ4v) is 4.34. The molecule has 0 aliphatic carbocycles. The van der Waals surface area contributed by atoms with Gasteiger partial charge in [-0.25, -0.2) is 9.67 Å². The molecule has 4 aromatic rings. The number of carbonyl (C=O) groups excluding carboxylic acids is 1. The molecule has 2 N–H and O–H groups in total. The third-order valence-electron chi connectivity index (χ3n) is 5.29. The molecule has 0 fully saturated rings. The Bertz CT molecular complexity index is 1140. The SMILES string of the molecule is O=C(CCP(=O)(O)O)c1ncn(C(c2ccccc2)(c2ccccc2)c2ccccc2)n1. The molecular formula is C24H22N3O4P. The van der Waals surface area contributed by atoms with Gasteiger partial charge in [-0.1, -0.05) is 91.0 Å². The maximum Gasteiger partial charge on any atom is 0.326 e. The molecule has 0 bridgehead atoms. The van der Waals surface area contributed by atoms with Crippen LogP contribution in [-0.4, -0.2) is 36.5 Å². The summed E-state index contributed by atoms with van der Waals surface area (Å²) in [4.78, 5) is 35.0. The minimum absolute atomic E-state index is 0.0781. The number of ketones is 1. The van der Waals surface area contributed by atoms with Gasteiger partial charge < -0.3 is 9.79 Å². The topological polar surface area (TPSA) is 105 Å². The van der Waals surface area contributed by atoms with Crippen LogP contribution in [0.25, 0.3) is 0 Å². The van der Waals surface area contributed by atoms with E-state index in [1.807, 2.05) is 91.0 Å². The van der Waals surface area contributed by atoms with E-state index in [4.69, 9.17) is 9.79 Å². The quantitative estimate of drug-likeness (QED) is 0.241. The Labute approximate surface area is 185 Å². The maximum absolute atomic E-state index is 12.6. The van der Waals surface area contributed by atoms with Crippen LogP contribution in [-0.2, 0) is 10.1 Å². The number of nitrogens with zero attached hydrogens (tertiary/aromatic N) is 3. The Morgan fingerprint density at radius 3 is 1.66 bits per heavy atom. The van der Waals surface area contributed by atoms with Gasteiger partial charge in [0.2, 0.25) is 11.6 Å². The van der Waals surface area contributed by atoms with Gasteiger partial charge in [0.25, 0.3) is 0 Å². The number of Topliss-reactive ketones (excluding diaryl/α,β-unsaturated/α-hetero) is 1. The van der Waals surface area contributed by atoms with Gasteiger partial charge in [-0.15, -0.1) is 5.10 Å². The predicted molar refractivity (Wildman–Crippen MR) is 120 cm³/mol. The molecule has 0 amide bonds. The first-order valence-corrected chi connectivity index (χ1v) is 11.9. The van der Waals surface area contributed by atoms with Crippen molar-refractivity contribution in [3.63, 3.8) is 0 Å². The molecule has 0 atom stereocenters. The fourth-order valence-electron chi connectivity index (χ4n) is 3.85. The highest BCUT2D eigenvalue weighted by Gasteiger charge is 2.40. The molecule has 1 aromatic heterocycles. The van der Waals surface area contributed by atoms with Crippen LogP contribution in [0.4, 0.5) is 0 Å². The summed E-state index contributed by atoms with van der Waals surface area (Å²) in [6.45, 7) is 0. The molecule has 3 aromatic carbocycles. The van der Waals surface area contributed by atoms with Crippen LogP contribution in [0.2, 0.25) is 0 Å². The van der Waals surface area contributed by atoms with E-state index >= 15 is 0 Å². The number of hydrogen-bond donors (Lipinski definition) is 2. The first kappa shape index (κ1) is 21.8. The molecule has 32 heavy (non-hydrogen) atoms. The monoisotopic (exact) mass is 447 g/mol. The summed E-state index contributed by atoms with van der Waals surface area (Å²) in [6.07, 6.45) is 0.628. The van der Waals surface area contributed by atoms with Crippen molar-refractivity contribution in [2.75, 3.05) is 6.16 Å². The van der Waals surface area contributed by atoms with Crippen LogP contribution in [0.1, 0.15) is 33.7 Å². The Morgan fingerprint density at radius 2 is 1.25 bits per heavy atom. The second-order valence-electron chi connectivity index (χ2n) is 7.38. The lowest BCUT2D eigenvalue weighted by molar-refractivity contribution is 0.0976. The lowest BCUT2D eigenvalue weighted by atomic mass is 9.77. The van der Waals surface area contributed by atoms with Crippen molar-refractivity contribution in [1.82, 2.24) is 14.8 Å².